The summed E-state index contributed by atoms with van der Waals surface area (Å²) in [6.45, 7) is 2.10. The van der Waals surface area contributed by atoms with Crippen LogP contribution in [0.4, 0.5) is 16.0 Å². The Balaban J connectivity index is 1.23. The molecule has 0 aromatic carbocycles. The number of fused-ring (bicyclic) bond motifs is 3. The molecule has 0 saturated carbocycles. The third-order valence-corrected chi connectivity index (χ3v) is 5.07. The van der Waals surface area contributed by atoms with E-state index in [0.717, 1.165) is 21.9 Å². The van der Waals surface area contributed by atoms with Crippen LogP contribution in [0.2, 0.25) is 0 Å². The first-order valence-electron chi connectivity index (χ1n) is 11.1. The number of aryl methyl sites for hydroxylation is 1. The van der Waals surface area contributed by atoms with Crippen molar-refractivity contribution in [1.29, 1.82) is 0 Å². The quantitative estimate of drug-likeness (QED) is 0.280. The van der Waals surface area contributed by atoms with Crippen molar-refractivity contribution in [2.45, 2.75) is 0 Å². The fourth-order valence-corrected chi connectivity index (χ4v) is 3.48. The van der Waals surface area contributed by atoms with Crippen LogP contribution in [0.3, 0.4) is 0 Å². The van der Waals surface area contributed by atoms with Gasteiger partial charge in [-0.25, -0.2) is 9.37 Å². The number of anilines is 2. The van der Waals surface area contributed by atoms with E-state index in [1.165, 1.54) is 0 Å². The number of ether oxygens (including phenoxy) is 4. The molecule has 0 amide bonds. The van der Waals surface area contributed by atoms with Crippen molar-refractivity contribution in [2.24, 2.45) is 7.05 Å². The Morgan fingerprint density at radius 1 is 0.824 bits per heavy atom. The molecule has 0 aliphatic heterocycles. The van der Waals surface area contributed by atoms with Gasteiger partial charge in [-0.1, -0.05) is 6.07 Å². The Bertz CT molecular complexity index is 1200. The highest BCUT2D eigenvalue weighted by Crippen LogP contribution is 2.27. The number of nitrogens with one attached hydrogen (secondary N) is 1. The fourth-order valence-electron chi connectivity index (χ4n) is 3.48. The van der Waals surface area contributed by atoms with Gasteiger partial charge in [0.25, 0.3) is 0 Å². The Kier molecular flexibility index (Phi) is 8.55. The molecule has 9 nitrogen and oxygen atoms in total. The third kappa shape index (κ3) is 6.16. The van der Waals surface area contributed by atoms with Crippen molar-refractivity contribution < 1.29 is 23.3 Å². The van der Waals surface area contributed by atoms with Crippen molar-refractivity contribution in [3.05, 3.63) is 48.8 Å². The van der Waals surface area contributed by atoms with Gasteiger partial charge in [0, 0.05) is 36.3 Å². The van der Waals surface area contributed by atoms with Crippen molar-refractivity contribution in [1.82, 2.24) is 19.5 Å². The average Bonchev–Trinajstić information content (AvgIpc) is 3.14. The number of pyridine rings is 3. The molecule has 0 fully saturated rings. The van der Waals surface area contributed by atoms with Crippen LogP contribution in [-0.2, 0) is 21.3 Å². The lowest BCUT2D eigenvalue weighted by atomic mass is 10.2. The van der Waals surface area contributed by atoms with Crippen LogP contribution in [-0.4, -0.2) is 72.4 Å². The molecule has 4 rings (SSSR count). The molecule has 4 aromatic heterocycles. The number of rotatable bonds is 14. The predicted molar refractivity (Wildman–Crippen MR) is 127 cm³/mol. The molecule has 0 bridgehead atoms. The van der Waals surface area contributed by atoms with Gasteiger partial charge in [0.2, 0.25) is 5.88 Å². The molecule has 4 aromatic rings. The molecule has 0 atom stereocenters. The van der Waals surface area contributed by atoms with Crippen LogP contribution >= 0.6 is 0 Å². The van der Waals surface area contributed by atoms with Crippen LogP contribution < -0.4 is 10.1 Å². The zero-order chi connectivity index (χ0) is 23.6. The van der Waals surface area contributed by atoms with Gasteiger partial charge in [0.1, 0.15) is 30.6 Å². The van der Waals surface area contributed by atoms with Crippen LogP contribution in [0.25, 0.3) is 21.9 Å². The topological polar surface area (TPSA) is 92.6 Å². The minimum absolute atomic E-state index is 0.107. The van der Waals surface area contributed by atoms with E-state index in [-0.39, 0.29) is 6.61 Å². The van der Waals surface area contributed by atoms with E-state index >= 15 is 0 Å². The van der Waals surface area contributed by atoms with E-state index in [2.05, 4.69) is 19.9 Å². The van der Waals surface area contributed by atoms with E-state index in [0.29, 0.717) is 57.2 Å². The predicted octanol–water partition coefficient (Wildman–Crippen LogP) is 3.66. The monoisotopic (exact) mass is 468 g/mol. The largest absolute Gasteiger partial charge is 0.475 e. The third-order valence-electron chi connectivity index (χ3n) is 5.07. The molecule has 0 aliphatic carbocycles. The summed E-state index contributed by atoms with van der Waals surface area (Å²) in [6, 6.07) is 11.5. The summed E-state index contributed by atoms with van der Waals surface area (Å²) < 4.78 is 35.4. The lowest BCUT2D eigenvalue weighted by Crippen LogP contribution is -2.13. The zero-order valence-corrected chi connectivity index (χ0v) is 19.1. The first kappa shape index (κ1) is 23.8. The maximum absolute atomic E-state index is 11.9. The molecule has 4 heterocycles. The summed E-state index contributed by atoms with van der Waals surface area (Å²) in [6.07, 6.45) is 3.64. The molecule has 180 valence electrons. The Morgan fingerprint density at radius 2 is 1.56 bits per heavy atom. The highest BCUT2D eigenvalue weighted by atomic mass is 18.2. The van der Waals surface area contributed by atoms with Gasteiger partial charge < -0.3 is 28.8 Å². The van der Waals surface area contributed by atoms with Crippen LogP contribution in [0.1, 0.15) is 0 Å². The van der Waals surface area contributed by atoms with Gasteiger partial charge in [-0.3, -0.25) is 4.98 Å². The summed E-state index contributed by atoms with van der Waals surface area (Å²) in [5, 5.41) is 5.37. The van der Waals surface area contributed by atoms with E-state index in [1.54, 1.807) is 12.3 Å². The molecule has 34 heavy (non-hydrogen) atoms. The van der Waals surface area contributed by atoms with Crippen molar-refractivity contribution in [3.63, 3.8) is 0 Å². The Morgan fingerprint density at radius 3 is 2.35 bits per heavy atom. The number of nitrogens with zero attached hydrogens (tertiary/aromatic N) is 4. The average molecular weight is 469 g/mol. The lowest BCUT2D eigenvalue weighted by Gasteiger charge is -2.09. The number of alkyl halides is 1. The Labute approximate surface area is 196 Å². The molecule has 10 heteroatoms. The molecular weight excluding hydrogens is 440 g/mol. The second kappa shape index (κ2) is 12.2. The second-order valence-electron chi connectivity index (χ2n) is 7.38. The van der Waals surface area contributed by atoms with Gasteiger partial charge in [-0.15, -0.1) is 0 Å². The van der Waals surface area contributed by atoms with Gasteiger partial charge in [-0.2, -0.15) is 4.98 Å². The standard InChI is InChI=1S/C24H28FN5O4/c1-30-20-7-9-26-17-19(20)18-5-6-22(29-24(18)30)27-21-3-2-4-23(28-21)34-16-15-33-14-13-32-12-11-31-10-8-25/h2-7,9,17H,8,10-16H2,1H3,(H,27,28,29)/i25-1. The van der Waals surface area contributed by atoms with E-state index in [4.69, 9.17) is 23.9 Å². The van der Waals surface area contributed by atoms with Gasteiger partial charge in [0.05, 0.1) is 45.2 Å². The van der Waals surface area contributed by atoms with Gasteiger partial charge in [0.15, 0.2) is 0 Å². The zero-order valence-electron chi connectivity index (χ0n) is 19.1. The molecule has 0 unspecified atom stereocenters. The minimum atomic E-state index is -0.479. The smallest absolute Gasteiger partial charge is 0.215 e. The van der Waals surface area contributed by atoms with Crippen molar-refractivity contribution in [3.8, 4) is 5.88 Å². The van der Waals surface area contributed by atoms with Gasteiger partial charge in [-0.05, 0) is 24.3 Å². The molecule has 1 N–H and O–H groups in total. The molecular formula is C24H28FN5O4. The highest BCUT2D eigenvalue weighted by molar-refractivity contribution is 6.06. The number of halogens is 1. The summed E-state index contributed by atoms with van der Waals surface area (Å²) >= 11 is 0. The van der Waals surface area contributed by atoms with Crippen LogP contribution in [0.5, 0.6) is 5.88 Å². The van der Waals surface area contributed by atoms with Crippen molar-refractivity contribution in [2.75, 3.05) is 58.2 Å². The van der Waals surface area contributed by atoms with E-state index in [1.807, 2.05) is 43.6 Å². The fraction of sp³-hybridized carbons (Fsp3) is 0.375. The molecule has 0 aliphatic rings. The molecule has 0 saturated heterocycles. The summed E-state index contributed by atoms with van der Waals surface area (Å²) in [5.74, 6) is 1.81. The number of hydrogen-bond donors (Lipinski definition) is 1. The normalized spacial score (nSPS) is 11.4. The SMILES string of the molecule is Cn1c2ccncc2c2ccc(Nc3cccc(OCCOCCOCCOCC[18F])n3)nc21. The van der Waals surface area contributed by atoms with E-state index < -0.39 is 6.67 Å². The summed E-state index contributed by atoms with van der Waals surface area (Å²) in [5.41, 5.74) is 1.95. The second-order valence-corrected chi connectivity index (χ2v) is 7.38. The Hall–Kier alpha value is -3.34. The lowest BCUT2D eigenvalue weighted by molar-refractivity contribution is 0.00729. The number of hydrogen-bond acceptors (Lipinski definition) is 8. The summed E-state index contributed by atoms with van der Waals surface area (Å²) in [4.78, 5) is 13.5. The highest BCUT2D eigenvalue weighted by Gasteiger charge is 2.10. The first-order valence-corrected chi connectivity index (χ1v) is 11.1. The number of aromatic nitrogens is 4. The van der Waals surface area contributed by atoms with Gasteiger partial charge >= 0.3 is 0 Å². The molecule has 0 spiro atoms. The maximum atomic E-state index is 11.9. The minimum Gasteiger partial charge on any atom is -0.475 e. The maximum Gasteiger partial charge on any atom is 0.215 e. The van der Waals surface area contributed by atoms with Crippen LogP contribution in [0, 0.1) is 0 Å². The van der Waals surface area contributed by atoms with Crippen molar-refractivity contribution >= 4 is 33.6 Å². The van der Waals surface area contributed by atoms with E-state index in [9.17, 15) is 4.39 Å². The summed E-state index contributed by atoms with van der Waals surface area (Å²) in [7, 11) is 1.99. The first-order chi connectivity index (χ1) is 16.8. The van der Waals surface area contributed by atoms with Crippen LogP contribution in [0.15, 0.2) is 48.8 Å². The molecule has 0 radical (unpaired) electrons.